The summed E-state index contributed by atoms with van der Waals surface area (Å²) < 4.78 is 6.07. The van der Waals surface area contributed by atoms with Crippen molar-refractivity contribution in [2.24, 2.45) is 0 Å². The first kappa shape index (κ1) is 13.1. The maximum Gasteiger partial charge on any atom is 0.144 e. The van der Waals surface area contributed by atoms with E-state index in [0.717, 1.165) is 21.8 Å². The second kappa shape index (κ2) is 6.02. The van der Waals surface area contributed by atoms with Gasteiger partial charge in [-0.15, -0.1) is 0 Å². The number of ether oxygens (including phenoxy) is 1. The summed E-state index contributed by atoms with van der Waals surface area (Å²) in [5.74, 6) is 2.97. The van der Waals surface area contributed by atoms with Gasteiger partial charge in [-0.25, -0.2) is 9.97 Å². The molecule has 1 aromatic heterocycles. The third-order valence-electron chi connectivity index (χ3n) is 2.67. The van der Waals surface area contributed by atoms with Crippen LogP contribution in [0, 0.1) is 0 Å². The maximum absolute atomic E-state index is 5.17. The number of methoxy groups -OCH3 is 1. The highest BCUT2D eigenvalue weighted by Gasteiger charge is 2.22. The molecular formula is C11H16BrN3OS. The van der Waals surface area contributed by atoms with Gasteiger partial charge in [0.1, 0.15) is 11.6 Å². The summed E-state index contributed by atoms with van der Waals surface area (Å²) in [5, 5.41) is 3.53. The van der Waals surface area contributed by atoms with E-state index in [1.807, 2.05) is 18.8 Å². The Hall–Kier alpha value is -0.330. The minimum atomic E-state index is 0.436. The Morgan fingerprint density at radius 3 is 2.94 bits per heavy atom. The number of rotatable bonds is 4. The smallest absolute Gasteiger partial charge is 0.144 e. The van der Waals surface area contributed by atoms with Crippen molar-refractivity contribution in [1.82, 2.24) is 9.97 Å². The van der Waals surface area contributed by atoms with Crippen LogP contribution in [-0.4, -0.2) is 29.9 Å². The van der Waals surface area contributed by atoms with Gasteiger partial charge in [-0.3, -0.25) is 0 Å². The van der Waals surface area contributed by atoms with Crippen LogP contribution in [-0.2, 0) is 11.3 Å². The van der Waals surface area contributed by atoms with Gasteiger partial charge in [0, 0.05) is 14.2 Å². The SMILES string of the molecule is CNc1nc(C2CCCS2)nc(COC)c1Br. The molecule has 6 heteroatoms. The van der Waals surface area contributed by atoms with Crippen molar-refractivity contribution < 1.29 is 4.74 Å². The number of anilines is 1. The first-order valence-electron chi connectivity index (χ1n) is 5.61. The Bertz CT molecular complexity index is 397. The number of thioether (sulfide) groups is 1. The topological polar surface area (TPSA) is 47.0 Å². The number of hydrogen-bond donors (Lipinski definition) is 1. The summed E-state index contributed by atoms with van der Waals surface area (Å²) in [6, 6.07) is 0. The van der Waals surface area contributed by atoms with Crippen LogP contribution in [0.25, 0.3) is 0 Å². The predicted octanol–water partition coefficient (Wildman–Crippen LogP) is 3.00. The molecule has 1 aliphatic heterocycles. The normalized spacial score (nSPS) is 19.6. The minimum absolute atomic E-state index is 0.436. The van der Waals surface area contributed by atoms with Crippen LogP contribution in [0.15, 0.2) is 4.47 Å². The van der Waals surface area contributed by atoms with Crippen molar-refractivity contribution in [2.45, 2.75) is 24.7 Å². The monoisotopic (exact) mass is 317 g/mol. The van der Waals surface area contributed by atoms with E-state index in [1.165, 1.54) is 18.6 Å². The van der Waals surface area contributed by atoms with Gasteiger partial charge in [0.25, 0.3) is 0 Å². The van der Waals surface area contributed by atoms with Crippen LogP contribution >= 0.6 is 27.7 Å². The summed E-state index contributed by atoms with van der Waals surface area (Å²) in [6.45, 7) is 0.502. The number of nitrogens with one attached hydrogen (secondary N) is 1. The van der Waals surface area contributed by atoms with Crippen LogP contribution in [0.4, 0.5) is 5.82 Å². The largest absolute Gasteiger partial charge is 0.378 e. The highest BCUT2D eigenvalue weighted by molar-refractivity contribution is 9.10. The molecule has 1 saturated heterocycles. The van der Waals surface area contributed by atoms with Crippen molar-refractivity contribution in [3.63, 3.8) is 0 Å². The van der Waals surface area contributed by atoms with Crippen LogP contribution in [0.3, 0.4) is 0 Å². The van der Waals surface area contributed by atoms with Gasteiger partial charge in [-0.1, -0.05) is 0 Å². The first-order chi connectivity index (χ1) is 8.26. The molecule has 0 spiro atoms. The zero-order chi connectivity index (χ0) is 12.3. The van der Waals surface area contributed by atoms with Gasteiger partial charge in [0.2, 0.25) is 0 Å². The van der Waals surface area contributed by atoms with Crippen molar-refractivity contribution in [1.29, 1.82) is 0 Å². The van der Waals surface area contributed by atoms with Gasteiger partial charge in [-0.2, -0.15) is 11.8 Å². The van der Waals surface area contributed by atoms with E-state index in [-0.39, 0.29) is 0 Å². The molecule has 1 N–H and O–H groups in total. The minimum Gasteiger partial charge on any atom is -0.378 e. The first-order valence-corrected chi connectivity index (χ1v) is 7.45. The van der Waals surface area contributed by atoms with E-state index in [4.69, 9.17) is 4.74 Å². The molecule has 1 unspecified atom stereocenters. The highest BCUT2D eigenvalue weighted by Crippen LogP contribution is 2.39. The maximum atomic E-state index is 5.17. The molecule has 1 aliphatic rings. The second-order valence-electron chi connectivity index (χ2n) is 3.88. The van der Waals surface area contributed by atoms with Crippen LogP contribution in [0.5, 0.6) is 0 Å². The summed E-state index contributed by atoms with van der Waals surface area (Å²) in [5.41, 5.74) is 0.911. The molecule has 1 atom stereocenters. The molecule has 94 valence electrons. The number of hydrogen-bond acceptors (Lipinski definition) is 5. The highest BCUT2D eigenvalue weighted by atomic mass is 79.9. The third-order valence-corrected chi connectivity index (χ3v) is 4.88. The van der Waals surface area contributed by atoms with Crippen LogP contribution in [0.2, 0.25) is 0 Å². The molecule has 0 saturated carbocycles. The number of aromatic nitrogens is 2. The third kappa shape index (κ3) is 2.92. The Morgan fingerprint density at radius 1 is 1.53 bits per heavy atom. The van der Waals surface area contributed by atoms with Gasteiger partial charge >= 0.3 is 0 Å². The molecule has 0 bridgehead atoms. The molecule has 2 rings (SSSR count). The Labute approximate surface area is 114 Å². The van der Waals surface area contributed by atoms with Crippen LogP contribution < -0.4 is 5.32 Å². The van der Waals surface area contributed by atoms with E-state index >= 15 is 0 Å². The Morgan fingerprint density at radius 2 is 2.35 bits per heavy atom. The van der Waals surface area contributed by atoms with Crippen molar-refractivity contribution in [3.05, 3.63) is 16.0 Å². The zero-order valence-electron chi connectivity index (χ0n) is 9.99. The molecule has 4 nitrogen and oxygen atoms in total. The van der Waals surface area contributed by atoms with E-state index in [9.17, 15) is 0 Å². The van der Waals surface area contributed by atoms with Crippen molar-refractivity contribution in [2.75, 3.05) is 25.2 Å². The predicted molar refractivity (Wildman–Crippen MR) is 74.4 cm³/mol. The average Bonchev–Trinajstić information content (AvgIpc) is 2.85. The summed E-state index contributed by atoms with van der Waals surface area (Å²) in [4.78, 5) is 9.18. The lowest BCUT2D eigenvalue weighted by atomic mass is 10.2. The standard InChI is InChI=1S/C11H16BrN3OS/c1-13-11-9(12)7(6-16-2)14-10(15-11)8-4-3-5-17-8/h8H,3-6H2,1-2H3,(H,13,14,15). The Kier molecular flexibility index (Phi) is 4.64. The van der Waals surface area contributed by atoms with Gasteiger partial charge in [-0.05, 0) is 34.5 Å². The van der Waals surface area contributed by atoms with E-state index in [0.29, 0.717) is 11.9 Å². The lowest BCUT2D eigenvalue weighted by molar-refractivity contribution is 0.180. The molecule has 0 aromatic carbocycles. The molecule has 0 radical (unpaired) electrons. The second-order valence-corrected chi connectivity index (χ2v) is 5.98. The van der Waals surface area contributed by atoms with Gasteiger partial charge in [0.15, 0.2) is 0 Å². The summed E-state index contributed by atoms with van der Waals surface area (Å²) in [6.07, 6.45) is 2.42. The summed E-state index contributed by atoms with van der Waals surface area (Å²) >= 11 is 5.45. The zero-order valence-corrected chi connectivity index (χ0v) is 12.4. The number of nitrogens with zero attached hydrogens (tertiary/aromatic N) is 2. The van der Waals surface area contributed by atoms with Crippen molar-refractivity contribution >= 4 is 33.5 Å². The Balaban J connectivity index is 2.35. The van der Waals surface area contributed by atoms with Gasteiger partial charge in [0.05, 0.1) is 22.0 Å². The fourth-order valence-electron chi connectivity index (χ4n) is 1.84. The molecule has 0 amide bonds. The van der Waals surface area contributed by atoms with E-state index < -0.39 is 0 Å². The summed E-state index contributed by atoms with van der Waals surface area (Å²) in [7, 11) is 3.55. The molecule has 0 aliphatic carbocycles. The molecular weight excluding hydrogens is 302 g/mol. The fraction of sp³-hybridized carbons (Fsp3) is 0.636. The molecule has 2 heterocycles. The molecule has 1 aromatic rings. The fourth-order valence-corrected chi connectivity index (χ4v) is 3.53. The molecule has 1 fully saturated rings. The quantitative estimate of drug-likeness (QED) is 0.925. The van der Waals surface area contributed by atoms with E-state index in [2.05, 4.69) is 31.2 Å². The number of halogens is 1. The van der Waals surface area contributed by atoms with E-state index in [1.54, 1.807) is 7.11 Å². The lowest BCUT2D eigenvalue weighted by Gasteiger charge is -2.13. The van der Waals surface area contributed by atoms with Crippen molar-refractivity contribution in [3.8, 4) is 0 Å². The van der Waals surface area contributed by atoms with Gasteiger partial charge < -0.3 is 10.1 Å². The average molecular weight is 318 g/mol. The van der Waals surface area contributed by atoms with Crippen LogP contribution in [0.1, 0.15) is 29.6 Å². The molecule has 17 heavy (non-hydrogen) atoms. The lowest BCUT2D eigenvalue weighted by Crippen LogP contribution is -2.08.